The van der Waals surface area contributed by atoms with Crippen molar-refractivity contribution in [2.45, 2.75) is 33.6 Å². The lowest BCUT2D eigenvalue weighted by Gasteiger charge is -2.12. The second-order valence-electron chi connectivity index (χ2n) is 6.12. The van der Waals surface area contributed by atoms with Crippen molar-refractivity contribution in [3.05, 3.63) is 54.1 Å². The zero-order valence-electron chi connectivity index (χ0n) is 16.9. The van der Waals surface area contributed by atoms with Gasteiger partial charge in [-0.25, -0.2) is 0 Å². The summed E-state index contributed by atoms with van der Waals surface area (Å²) in [6.07, 6.45) is 5.33. The van der Waals surface area contributed by atoms with Crippen molar-refractivity contribution in [2.75, 3.05) is 25.1 Å². The summed E-state index contributed by atoms with van der Waals surface area (Å²) >= 11 is 0. The van der Waals surface area contributed by atoms with E-state index in [9.17, 15) is 4.79 Å². The Bertz CT molecular complexity index is 769. The van der Waals surface area contributed by atoms with E-state index in [-0.39, 0.29) is 5.91 Å². The Morgan fingerprint density at radius 2 is 1.68 bits per heavy atom. The normalized spacial score (nSPS) is 10.7. The summed E-state index contributed by atoms with van der Waals surface area (Å²) in [5.74, 6) is 1.99. The smallest absolute Gasteiger partial charge is 0.248 e. The van der Waals surface area contributed by atoms with Crippen LogP contribution in [-0.2, 0) is 4.79 Å². The molecule has 28 heavy (non-hydrogen) atoms. The molecule has 0 spiro atoms. The zero-order valence-corrected chi connectivity index (χ0v) is 16.9. The van der Waals surface area contributed by atoms with E-state index in [2.05, 4.69) is 12.2 Å². The maximum absolute atomic E-state index is 12.2. The van der Waals surface area contributed by atoms with Crippen molar-refractivity contribution in [2.24, 2.45) is 0 Å². The Labute approximate surface area is 167 Å². The molecule has 1 N–H and O–H groups in total. The number of ether oxygens (including phenoxy) is 3. The topological polar surface area (TPSA) is 56.8 Å². The third-order valence-corrected chi connectivity index (χ3v) is 3.88. The fraction of sp³-hybridized carbons (Fsp3) is 0.348. The van der Waals surface area contributed by atoms with Gasteiger partial charge in [-0.2, -0.15) is 0 Å². The van der Waals surface area contributed by atoms with Crippen LogP contribution in [0.3, 0.4) is 0 Å². The molecule has 0 heterocycles. The van der Waals surface area contributed by atoms with Gasteiger partial charge in [0, 0.05) is 11.8 Å². The van der Waals surface area contributed by atoms with Crippen LogP contribution < -0.4 is 19.5 Å². The highest BCUT2D eigenvalue weighted by Gasteiger charge is 2.06. The van der Waals surface area contributed by atoms with Crippen LogP contribution in [0.5, 0.6) is 17.2 Å². The van der Waals surface area contributed by atoms with Crippen molar-refractivity contribution in [3.63, 3.8) is 0 Å². The molecule has 2 aromatic carbocycles. The average Bonchev–Trinajstić information content (AvgIpc) is 2.70. The van der Waals surface area contributed by atoms with E-state index in [0.29, 0.717) is 31.3 Å². The summed E-state index contributed by atoms with van der Waals surface area (Å²) in [6, 6.07) is 12.9. The largest absolute Gasteiger partial charge is 0.494 e. The molecule has 0 bridgehead atoms. The van der Waals surface area contributed by atoms with Crippen LogP contribution in [0.4, 0.5) is 5.69 Å². The van der Waals surface area contributed by atoms with Crippen molar-refractivity contribution >= 4 is 17.7 Å². The molecule has 5 heteroatoms. The number of unbranched alkanes of at least 4 members (excludes halogenated alkanes) is 1. The van der Waals surface area contributed by atoms with Gasteiger partial charge in [0.05, 0.1) is 19.8 Å². The molecule has 0 radical (unpaired) electrons. The molecule has 2 aromatic rings. The number of carbonyl (C=O) groups excluding carboxylic acids is 1. The Balaban J connectivity index is 1.99. The van der Waals surface area contributed by atoms with Gasteiger partial charge >= 0.3 is 0 Å². The quantitative estimate of drug-likeness (QED) is 0.422. The predicted molar refractivity (Wildman–Crippen MR) is 113 cm³/mol. The maximum Gasteiger partial charge on any atom is 0.248 e. The van der Waals surface area contributed by atoms with Crippen LogP contribution >= 0.6 is 0 Å². The molecule has 0 aliphatic heterocycles. The summed E-state index contributed by atoms with van der Waals surface area (Å²) < 4.78 is 16.8. The highest BCUT2D eigenvalue weighted by molar-refractivity contribution is 6.01. The van der Waals surface area contributed by atoms with Gasteiger partial charge in [-0.3, -0.25) is 4.79 Å². The van der Waals surface area contributed by atoms with Crippen LogP contribution in [0.1, 0.15) is 39.2 Å². The van der Waals surface area contributed by atoms with E-state index in [4.69, 9.17) is 14.2 Å². The number of carbonyl (C=O) groups is 1. The summed E-state index contributed by atoms with van der Waals surface area (Å²) in [5.41, 5.74) is 1.58. The first-order valence-corrected chi connectivity index (χ1v) is 9.77. The molecule has 0 atom stereocenters. The Hall–Kier alpha value is -2.95. The second kappa shape index (κ2) is 11.7. The molecule has 0 fully saturated rings. The molecule has 150 valence electrons. The number of nitrogens with one attached hydrogen (secondary N) is 1. The van der Waals surface area contributed by atoms with Gasteiger partial charge in [-0.05, 0) is 68.3 Å². The summed E-state index contributed by atoms with van der Waals surface area (Å²) in [7, 11) is 0. The number of benzene rings is 2. The number of hydrogen-bond donors (Lipinski definition) is 1. The molecule has 1 amide bonds. The second-order valence-corrected chi connectivity index (χ2v) is 6.12. The van der Waals surface area contributed by atoms with Gasteiger partial charge in [-0.15, -0.1) is 0 Å². The van der Waals surface area contributed by atoms with Crippen LogP contribution in [0.25, 0.3) is 6.08 Å². The summed E-state index contributed by atoms with van der Waals surface area (Å²) in [6.45, 7) is 7.81. The van der Waals surface area contributed by atoms with Gasteiger partial charge in [0.25, 0.3) is 0 Å². The molecule has 0 unspecified atom stereocenters. The minimum Gasteiger partial charge on any atom is -0.494 e. The van der Waals surface area contributed by atoms with E-state index < -0.39 is 0 Å². The Morgan fingerprint density at radius 3 is 2.36 bits per heavy atom. The molecule has 0 aliphatic carbocycles. The fourth-order valence-corrected chi connectivity index (χ4v) is 2.50. The van der Waals surface area contributed by atoms with Crippen molar-refractivity contribution in [3.8, 4) is 17.2 Å². The minimum absolute atomic E-state index is 0.203. The number of amides is 1. The van der Waals surface area contributed by atoms with Gasteiger partial charge in [0.2, 0.25) is 5.91 Å². The van der Waals surface area contributed by atoms with Crippen molar-refractivity contribution in [1.82, 2.24) is 0 Å². The zero-order chi connectivity index (χ0) is 20.2. The number of rotatable bonds is 11. The lowest BCUT2D eigenvalue weighted by molar-refractivity contribution is -0.111. The van der Waals surface area contributed by atoms with Gasteiger partial charge in [0.1, 0.15) is 5.75 Å². The molecule has 0 aliphatic rings. The first-order valence-electron chi connectivity index (χ1n) is 9.77. The van der Waals surface area contributed by atoms with Gasteiger partial charge < -0.3 is 19.5 Å². The Morgan fingerprint density at radius 1 is 0.929 bits per heavy atom. The molecule has 0 saturated carbocycles. The molecule has 0 aromatic heterocycles. The molecular formula is C23H29NO4. The first kappa shape index (κ1) is 21.4. The molecule has 2 rings (SSSR count). The maximum atomic E-state index is 12.2. The van der Waals surface area contributed by atoms with Crippen LogP contribution in [0.15, 0.2) is 48.5 Å². The lowest BCUT2D eigenvalue weighted by Crippen LogP contribution is -2.07. The summed E-state index contributed by atoms with van der Waals surface area (Å²) in [5, 5.41) is 2.83. The fourth-order valence-electron chi connectivity index (χ4n) is 2.50. The van der Waals surface area contributed by atoms with E-state index in [1.54, 1.807) is 6.08 Å². The standard InChI is InChI=1S/C23H29NO4/c1-4-7-16-28-21-14-8-18(17-22(21)27-6-3)9-15-23(25)24-19-10-12-20(13-11-19)26-5-2/h8-15,17H,4-7,16H2,1-3H3,(H,24,25)/b15-9+. The SMILES string of the molecule is CCCCOc1ccc(/C=C/C(=O)Nc2ccc(OCC)cc2)cc1OCC. The molecular weight excluding hydrogens is 354 g/mol. The summed E-state index contributed by atoms with van der Waals surface area (Å²) in [4.78, 5) is 12.2. The molecule has 5 nitrogen and oxygen atoms in total. The van der Waals surface area contributed by atoms with Crippen molar-refractivity contribution < 1.29 is 19.0 Å². The van der Waals surface area contributed by atoms with E-state index in [1.165, 1.54) is 6.08 Å². The lowest BCUT2D eigenvalue weighted by atomic mass is 10.2. The highest BCUT2D eigenvalue weighted by atomic mass is 16.5. The monoisotopic (exact) mass is 383 g/mol. The predicted octanol–water partition coefficient (Wildman–Crippen LogP) is 5.31. The average molecular weight is 383 g/mol. The third-order valence-electron chi connectivity index (χ3n) is 3.88. The van der Waals surface area contributed by atoms with Crippen LogP contribution in [0, 0.1) is 0 Å². The Kier molecular flexibility index (Phi) is 8.92. The van der Waals surface area contributed by atoms with E-state index >= 15 is 0 Å². The van der Waals surface area contributed by atoms with Crippen LogP contribution in [0.2, 0.25) is 0 Å². The highest BCUT2D eigenvalue weighted by Crippen LogP contribution is 2.29. The minimum atomic E-state index is -0.203. The first-order chi connectivity index (χ1) is 13.7. The van der Waals surface area contributed by atoms with E-state index in [1.807, 2.05) is 56.3 Å². The van der Waals surface area contributed by atoms with Gasteiger partial charge in [0.15, 0.2) is 11.5 Å². The third kappa shape index (κ3) is 6.99. The van der Waals surface area contributed by atoms with Crippen LogP contribution in [-0.4, -0.2) is 25.7 Å². The van der Waals surface area contributed by atoms with Crippen molar-refractivity contribution in [1.29, 1.82) is 0 Å². The molecule has 0 saturated heterocycles. The van der Waals surface area contributed by atoms with Gasteiger partial charge in [-0.1, -0.05) is 19.4 Å². The number of hydrogen-bond acceptors (Lipinski definition) is 4. The number of anilines is 1. The van der Waals surface area contributed by atoms with E-state index in [0.717, 1.165) is 29.9 Å².